The number of carbonyl (C=O) groups excluding carboxylic acids is 1. The van der Waals surface area contributed by atoms with Crippen LogP contribution in [0, 0.1) is 0 Å². The Labute approximate surface area is 101 Å². The third kappa shape index (κ3) is 3.21. The molecule has 1 aliphatic heterocycles. The van der Waals surface area contributed by atoms with Gasteiger partial charge in [0, 0.05) is 25.4 Å². The minimum absolute atomic E-state index is 0. The number of halogens is 1. The molecule has 2 rings (SSSR count). The number of rotatable bonds is 3. The van der Waals surface area contributed by atoms with Crippen molar-refractivity contribution in [2.24, 2.45) is 7.05 Å². The maximum atomic E-state index is 11.6. The third-order valence-electron chi connectivity index (χ3n) is 2.60. The van der Waals surface area contributed by atoms with E-state index >= 15 is 0 Å². The Bertz CT molecular complexity index is 346. The van der Waals surface area contributed by atoms with E-state index in [1.165, 1.54) is 0 Å². The van der Waals surface area contributed by atoms with Crippen molar-refractivity contribution in [3.63, 3.8) is 0 Å². The van der Waals surface area contributed by atoms with E-state index in [9.17, 15) is 4.79 Å². The van der Waals surface area contributed by atoms with Crippen molar-refractivity contribution in [3.05, 3.63) is 18.0 Å². The van der Waals surface area contributed by atoms with Crippen LogP contribution in [0.3, 0.4) is 0 Å². The van der Waals surface area contributed by atoms with Crippen molar-refractivity contribution in [1.82, 2.24) is 20.4 Å². The SMILES string of the molecule is Cl.Cn1cc(CNC(=O)C2CCCN2)cn1. The molecule has 0 aliphatic carbocycles. The van der Waals surface area contributed by atoms with Gasteiger partial charge in [0.05, 0.1) is 12.2 Å². The molecule has 0 radical (unpaired) electrons. The van der Waals surface area contributed by atoms with E-state index in [2.05, 4.69) is 15.7 Å². The smallest absolute Gasteiger partial charge is 0.237 e. The number of nitrogens with one attached hydrogen (secondary N) is 2. The second-order valence-corrected chi connectivity index (χ2v) is 3.89. The molecule has 16 heavy (non-hydrogen) atoms. The Kier molecular flexibility index (Phi) is 4.76. The van der Waals surface area contributed by atoms with Gasteiger partial charge in [-0.2, -0.15) is 5.10 Å². The van der Waals surface area contributed by atoms with Gasteiger partial charge in [0.2, 0.25) is 5.91 Å². The molecule has 2 heterocycles. The fraction of sp³-hybridized carbons (Fsp3) is 0.600. The van der Waals surface area contributed by atoms with Crippen LogP contribution < -0.4 is 10.6 Å². The summed E-state index contributed by atoms with van der Waals surface area (Å²) in [5.41, 5.74) is 1.03. The van der Waals surface area contributed by atoms with Gasteiger partial charge in [-0.3, -0.25) is 9.48 Å². The van der Waals surface area contributed by atoms with Crippen LogP contribution >= 0.6 is 12.4 Å². The molecule has 0 aromatic carbocycles. The predicted octanol–water partition coefficient (Wildman–Crippen LogP) is 0.210. The fourth-order valence-corrected chi connectivity index (χ4v) is 1.78. The fourth-order valence-electron chi connectivity index (χ4n) is 1.78. The van der Waals surface area contributed by atoms with Gasteiger partial charge in [-0.25, -0.2) is 0 Å². The molecule has 6 heteroatoms. The molecule has 2 N–H and O–H groups in total. The first kappa shape index (κ1) is 13.0. The maximum absolute atomic E-state index is 11.6. The Balaban J connectivity index is 0.00000128. The lowest BCUT2D eigenvalue weighted by Crippen LogP contribution is -2.39. The molecule has 90 valence electrons. The molecule has 1 unspecified atom stereocenters. The number of hydrogen-bond donors (Lipinski definition) is 2. The van der Waals surface area contributed by atoms with E-state index in [1.807, 2.05) is 13.2 Å². The van der Waals surface area contributed by atoms with Crippen molar-refractivity contribution in [2.45, 2.75) is 25.4 Å². The first-order chi connectivity index (χ1) is 7.25. The van der Waals surface area contributed by atoms with Crippen molar-refractivity contribution in [3.8, 4) is 0 Å². The quantitative estimate of drug-likeness (QED) is 0.799. The number of carbonyl (C=O) groups is 1. The molecule has 0 saturated carbocycles. The number of aryl methyl sites for hydroxylation is 1. The molecular weight excluding hydrogens is 228 g/mol. The minimum Gasteiger partial charge on any atom is -0.351 e. The first-order valence-corrected chi connectivity index (χ1v) is 5.24. The molecule has 0 spiro atoms. The summed E-state index contributed by atoms with van der Waals surface area (Å²) in [4.78, 5) is 11.6. The van der Waals surface area contributed by atoms with Gasteiger partial charge in [-0.15, -0.1) is 12.4 Å². The van der Waals surface area contributed by atoms with Gasteiger partial charge in [0.25, 0.3) is 0 Å². The number of nitrogens with zero attached hydrogens (tertiary/aromatic N) is 2. The topological polar surface area (TPSA) is 59.0 Å². The van der Waals surface area contributed by atoms with Crippen molar-refractivity contribution in [2.75, 3.05) is 6.54 Å². The highest BCUT2D eigenvalue weighted by Gasteiger charge is 2.21. The van der Waals surface area contributed by atoms with Crippen LogP contribution in [-0.4, -0.2) is 28.3 Å². The van der Waals surface area contributed by atoms with Crippen molar-refractivity contribution < 1.29 is 4.79 Å². The first-order valence-electron chi connectivity index (χ1n) is 5.24. The molecule has 1 fully saturated rings. The Morgan fingerprint density at radius 3 is 3.12 bits per heavy atom. The van der Waals surface area contributed by atoms with E-state index in [-0.39, 0.29) is 24.4 Å². The lowest BCUT2D eigenvalue weighted by Gasteiger charge is -2.09. The largest absolute Gasteiger partial charge is 0.351 e. The highest BCUT2D eigenvalue weighted by molar-refractivity contribution is 5.85. The van der Waals surface area contributed by atoms with Crippen LogP contribution in [0.5, 0.6) is 0 Å². The van der Waals surface area contributed by atoms with Crippen LogP contribution in [0.1, 0.15) is 18.4 Å². The van der Waals surface area contributed by atoms with Crippen LogP contribution in [0.15, 0.2) is 12.4 Å². The predicted molar refractivity (Wildman–Crippen MR) is 63.3 cm³/mol. The van der Waals surface area contributed by atoms with Crippen LogP contribution in [0.25, 0.3) is 0 Å². The summed E-state index contributed by atoms with van der Waals surface area (Å²) in [7, 11) is 1.86. The summed E-state index contributed by atoms with van der Waals surface area (Å²) in [5, 5.41) is 10.1. The van der Waals surface area contributed by atoms with Crippen molar-refractivity contribution in [1.29, 1.82) is 0 Å². The van der Waals surface area contributed by atoms with Crippen molar-refractivity contribution >= 4 is 18.3 Å². The maximum Gasteiger partial charge on any atom is 0.237 e. The van der Waals surface area contributed by atoms with E-state index in [0.717, 1.165) is 24.9 Å². The Morgan fingerprint density at radius 2 is 2.56 bits per heavy atom. The monoisotopic (exact) mass is 244 g/mol. The molecule has 0 bridgehead atoms. The average Bonchev–Trinajstić information content (AvgIpc) is 2.84. The lowest BCUT2D eigenvalue weighted by atomic mass is 10.2. The van der Waals surface area contributed by atoms with Crippen LogP contribution in [0.2, 0.25) is 0 Å². The summed E-state index contributed by atoms with van der Waals surface area (Å²) >= 11 is 0. The van der Waals surface area contributed by atoms with Gasteiger partial charge < -0.3 is 10.6 Å². The Hall–Kier alpha value is -1.07. The zero-order valence-electron chi connectivity index (χ0n) is 9.27. The van der Waals surface area contributed by atoms with E-state index < -0.39 is 0 Å². The van der Waals surface area contributed by atoms with Gasteiger partial charge in [0.15, 0.2) is 0 Å². The van der Waals surface area contributed by atoms with Crippen LogP contribution in [-0.2, 0) is 18.4 Å². The van der Waals surface area contributed by atoms with E-state index in [0.29, 0.717) is 6.54 Å². The summed E-state index contributed by atoms with van der Waals surface area (Å²) in [5.74, 6) is 0.0938. The van der Waals surface area contributed by atoms with E-state index in [4.69, 9.17) is 0 Å². The van der Waals surface area contributed by atoms with Gasteiger partial charge >= 0.3 is 0 Å². The zero-order valence-corrected chi connectivity index (χ0v) is 10.1. The summed E-state index contributed by atoms with van der Waals surface area (Å²) in [6.07, 6.45) is 5.70. The molecule has 1 saturated heterocycles. The number of aromatic nitrogens is 2. The minimum atomic E-state index is 0. The average molecular weight is 245 g/mol. The summed E-state index contributed by atoms with van der Waals surface area (Å²) < 4.78 is 1.73. The van der Waals surface area contributed by atoms with Crippen LogP contribution in [0.4, 0.5) is 0 Å². The molecule has 1 atom stereocenters. The second kappa shape index (κ2) is 5.86. The normalized spacial score (nSPS) is 19.2. The van der Waals surface area contributed by atoms with Gasteiger partial charge in [-0.05, 0) is 19.4 Å². The molecule has 1 aromatic heterocycles. The number of amides is 1. The summed E-state index contributed by atoms with van der Waals surface area (Å²) in [6, 6.07) is 0.00155. The van der Waals surface area contributed by atoms with Gasteiger partial charge in [-0.1, -0.05) is 0 Å². The summed E-state index contributed by atoms with van der Waals surface area (Å²) in [6.45, 7) is 1.51. The lowest BCUT2D eigenvalue weighted by molar-refractivity contribution is -0.122. The van der Waals surface area contributed by atoms with E-state index in [1.54, 1.807) is 10.9 Å². The zero-order chi connectivity index (χ0) is 10.7. The molecule has 5 nitrogen and oxygen atoms in total. The van der Waals surface area contributed by atoms with Gasteiger partial charge in [0.1, 0.15) is 0 Å². The molecular formula is C10H17ClN4O. The highest BCUT2D eigenvalue weighted by atomic mass is 35.5. The molecule has 1 aromatic rings. The highest BCUT2D eigenvalue weighted by Crippen LogP contribution is 2.05. The second-order valence-electron chi connectivity index (χ2n) is 3.89. The molecule has 1 amide bonds. The third-order valence-corrected chi connectivity index (χ3v) is 2.60. The number of hydrogen-bond acceptors (Lipinski definition) is 3. The standard InChI is InChI=1S/C10H16N4O.ClH/c1-14-7-8(6-13-14)5-12-10(15)9-3-2-4-11-9;/h6-7,9,11H,2-5H2,1H3,(H,12,15);1H. The molecule has 1 aliphatic rings. The Morgan fingerprint density at radius 1 is 1.75 bits per heavy atom.